The molecule has 3 rings (SSSR count). The number of rotatable bonds is 4. The monoisotopic (exact) mass is 303 g/mol. The molecule has 3 aromatic carbocycles. The van der Waals surface area contributed by atoms with E-state index in [0.29, 0.717) is 11.1 Å². The second-order valence-corrected chi connectivity index (χ2v) is 5.31. The van der Waals surface area contributed by atoms with Crippen molar-refractivity contribution in [1.29, 1.82) is 0 Å². The van der Waals surface area contributed by atoms with Gasteiger partial charge in [-0.25, -0.2) is 0 Å². The lowest BCUT2D eigenvalue weighted by Gasteiger charge is -2.10. The van der Waals surface area contributed by atoms with Crippen LogP contribution in [-0.2, 0) is 4.84 Å². The molecule has 0 aliphatic rings. The highest BCUT2D eigenvalue weighted by molar-refractivity contribution is 6.19. The summed E-state index contributed by atoms with van der Waals surface area (Å²) in [4.78, 5) is 17.9. The average Bonchev–Trinajstić information content (AvgIpc) is 2.59. The SMILES string of the molecule is CO/N=C/c1c(C)cccc1C(=O)c1cccc2ccccc12. The molecule has 0 radical (unpaired) electrons. The molecule has 3 heteroatoms. The first-order chi connectivity index (χ1) is 11.2. The second kappa shape index (κ2) is 6.44. The lowest BCUT2D eigenvalue weighted by atomic mass is 9.93. The normalized spacial score (nSPS) is 11.0. The highest BCUT2D eigenvalue weighted by atomic mass is 16.6. The van der Waals surface area contributed by atoms with E-state index in [0.717, 1.165) is 21.9 Å². The van der Waals surface area contributed by atoms with Crippen LogP contribution in [-0.4, -0.2) is 19.1 Å². The third-order valence-corrected chi connectivity index (χ3v) is 3.89. The van der Waals surface area contributed by atoms with Crippen LogP contribution in [0.4, 0.5) is 0 Å². The summed E-state index contributed by atoms with van der Waals surface area (Å²) in [6.07, 6.45) is 1.59. The van der Waals surface area contributed by atoms with Crippen molar-refractivity contribution in [2.75, 3.05) is 7.11 Å². The van der Waals surface area contributed by atoms with Gasteiger partial charge in [0.2, 0.25) is 0 Å². The third-order valence-electron chi connectivity index (χ3n) is 3.89. The zero-order valence-corrected chi connectivity index (χ0v) is 13.1. The van der Waals surface area contributed by atoms with Crippen LogP contribution in [0.15, 0.2) is 65.8 Å². The van der Waals surface area contributed by atoms with E-state index >= 15 is 0 Å². The molecule has 0 heterocycles. The second-order valence-electron chi connectivity index (χ2n) is 5.31. The summed E-state index contributed by atoms with van der Waals surface area (Å²) >= 11 is 0. The maximum atomic E-state index is 13.1. The van der Waals surface area contributed by atoms with Crippen molar-refractivity contribution in [3.63, 3.8) is 0 Å². The van der Waals surface area contributed by atoms with Gasteiger partial charge in [0.1, 0.15) is 7.11 Å². The Labute approximate surface area is 135 Å². The van der Waals surface area contributed by atoms with Gasteiger partial charge < -0.3 is 4.84 Å². The molecule has 0 aliphatic heterocycles. The van der Waals surface area contributed by atoms with Gasteiger partial charge in [-0.15, -0.1) is 0 Å². The van der Waals surface area contributed by atoms with Gasteiger partial charge in [0.15, 0.2) is 5.78 Å². The van der Waals surface area contributed by atoms with Crippen molar-refractivity contribution in [1.82, 2.24) is 0 Å². The summed E-state index contributed by atoms with van der Waals surface area (Å²) < 4.78 is 0. The molecule has 0 fully saturated rings. The maximum Gasteiger partial charge on any atom is 0.194 e. The maximum absolute atomic E-state index is 13.1. The minimum absolute atomic E-state index is 0.0111. The van der Waals surface area contributed by atoms with Crippen LogP contribution in [0.3, 0.4) is 0 Å². The highest BCUT2D eigenvalue weighted by Gasteiger charge is 2.16. The molecule has 114 valence electrons. The molecule has 0 aliphatic carbocycles. The molecule has 3 nitrogen and oxygen atoms in total. The number of ketones is 1. The average molecular weight is 303 g/mol. The van der Waals surface area contributed by atoms with E-state index in [9.17, 15) is 4.79 Å². The molecule has 0 unspecified atom stereocenters. The molecule has 0 saturated carbocycles. The quantitative estimate of drug-likeness (QED) is 0.408. The summed E-state index contributed by atoms with van der Waals surface area (Å²) in [6.45, 7) is 1.96. The Kier molecular flexibility index (Phi) is 4.20. The van der Waals surface area contributed by atoms with Gasteiger partial charge in [0.25, 0.3) is 0 Å². The van der Waals surface area contributed by atoms with Crippen LogP contribution in [0.1, 0.15) is 27.0 Å². The number of carbonyl (C=O) groups is 1. The zero-order chi connectivity index (χ0) is 16.2. The highest BCUT2D eigenvalue weighted by Crippen LogP contribution is 2.23. The van der Waals surface area contributed by atoms with Crippen LogP contribution in [0.2, 0.25) is 0 Å². The molecule has 0 amide bonds. The van der Waals surface area contributed by atoms with Crippen LogP contribution in [0, 0.1) is 6.92 Å². The van der Waals surface area contributed by atoms with Crippen LogP contribution >= 0.6 is 0 Å². The fraction of sp³-hybridized carbons (Fsp3) is 0.100. The fourth-order valence-electron chi connectivity index (χ4n) is 2.72. The molecule has 23 heavy (non-hydrogen) atoms. The Morgan fingerprint density at radius 3 is 2.48 bits per heavy atom. The molecular weight excluding hydrogens is 286 g/mol. The molecular formula is C20H17NO2. The Bertz CT molecular complexity index is 892. The summed E-state index contributed by atoms with van der Waals surface area (Å²) in [5.74, 6) is -0.0111. The van der Waals surface area contributed by atoms with Gasteiger partial charge in [0, 0.05) is 16.7 Å². The van der Waals surface area contributed by atoms with Crippen molar-refractivity contribution in [2.45, 2.75) is 6.92 Å². The molecule has 0 saturated heterocycles. The first kappa shape index (κ1) is 15.0. The molecule has 0 N–H and O–H groups in total. The van der Waals surface area contributed by atoms with Crippen molar-refractivity contribution in [2.24, 2.45) is 5.16 Å². The molecule has 3 aromatic rings. The van der Waals surface area contributed by atoms with Crippen LogP contribution in [0.25, 0.3) is 10.8 Å². The van der Waals surface area contributed by atoms with E-state index in [1.165, 1.54) is 7.11 Å². The molecule has 0 spiro atoms. The third kappa shape index (κ3) is 2.86. The molecule has 0 bridgehead atoms. The van der Waals surface area contributed by atoms with E-state index in [-0.39, 0.29) is 5.78 Å². The summed E-state index contributed by atoms with van der Waals surface area (Å²) in [6, 6.07) is 19.4. The van der Waals surface area contributed by atoms with Crippen molar-refractivity contribution in [3.8, 4) is 0 Å². The van der Waals surface area contributed by atoms with E-state index in [1.807, 2.05) is 67.6 Å². The lowest BCUT2D eigenvalue weighted by molar-refractivity contribution is 0.104. The number of aryl methyl sites for hydroxylation is 1. The van der Waals surface area contributed by atoms with Crippen molar-refractivity contribution < 1.29 is 9.63 Å². The zero-order valence-electron chi connectivity index (χ0n) is 13.1. The molecule has 0 atom stereocenters. The van der Waals surface area contributed by atoms with Gasteiger partial charge >= 0.3 is 0 Å². The smallest absolute Gasteiger partial charge is 0.194 e. The number of hydrogen-bond donors (Lipinski definition) is 0. The number of carbonyl (C=O) groups excluding carboxylic acids is 1. The Balaban J connectivity index is 2.17. The predicted molar refractivity (Wildman–Crippen MR) is 93.2 cm³/mol. The first-order valence-electron chi connectivity index (χ1n) is 7.41. The van der Waals surface area contributed by atoms with E-state index in [2.05, 4.69) is 5.16 Å². The standard InChI is InChI=1S/C20H17NO2/c1-14-7-5-11-18(19(14)13-21-23-2)20(22)17-12-6-9-15-8-3-4-10-16(15)17/h3-13H,1-2H3/b21-13+. The first-order valence-corrected chi connectivity index (χ1v) is 7.41. The Hall–Kier alpha value is -2.94. The molecule has 0 aromatic heterocycles. The van der Waals surface area contributed by atoms with Gasteiger partial charge in [0.05, 0.1) is 6.21 Å². The van der Waals surface area contributed by atoms with E-state index in [1.54, 1.807) is 6.21 Å². The Morgan fingerprint density at radius 1 is 0.957 bits per heavy atom. The summed E-state index contributed by atoms with van der Waals surface area (Å²) in [5.41, 5.74) is 3.09. The summed E-state index contributed by atoms with van der Waals surface area (Å²) in [7, 11) is 1.49. The summed E-state index contributed by atoms with van der Waals surface area (Å²) in [5, 5.41) is 5.83. The number of fused-ring (bicyclic) bond motifs is 1. The largest absolute Gasteiger partial charge is 0.399 e. The van der Waals surface area contributed by atoms with Crippen molar-refractivity contribution >= 4 is 22.8 Å². The van der Waals surface area contributed by atoms with Crippen molar-refractivity contribution in [3.05, 3.63) is 82.9 Å². The van der Waals surface area contributed by atoms with Crippen LogP contribution < -0.4 is 0 Å². The van der Waals surface area contributed by atoms with Gasteiger partial charge in [-0.3, -0.25) is 4.79 Å². The number of oxime groups is 1. The number of nitrogens with zero attached hydrogens (tertiary/aromatic N) is 1. The fourth-order valence-corrected chi connectivity index (χ4v) is 2.72. The van der Waals surface area contributed by atoms with Gasteiger partial charge in [-0.1, -0.05) is 65.8 Å². The van der Waals surface area contributed by atoms with Gasteiger partial charge in [-0.2, -0.15) is 0 Å². The topological polar surface area (TPSA) is 38.7 Å². The predicted octanol–water partition coefficient (Wildman–Crippen LogP) is 4.36. The van der Waals surface area contributed by atoms with Crippen LogP contribution in [0.5, 0.6) is 0 Å². The lowest BCUT2D eigenvalue weighted by Crippen LogP contribution is -2.07. The van der Waals surface area contributed by atoms with Gasteiger partial charge in [-0.05, 0) is 23.3 Å². The number of benzene rings is 3. The minimum atomic E-state index is -0.0111. The Morgan fingerprint density at radius 2 is 1.65 bits per heavy atom. The van der Waals surface area contributed by atoms with E-state index in [4.69, 9.17) is 4.84 Å². The van der Waals surface area contributed by atoms with E-state index < -0.39 is 0 Å². The number of hydrogen-bond acceptors (Lipinski definition) is 3. The minimum Gasteiger partial charge on any atom is -0.399 e.